The number of amides is 1. The maximum atomic E-state index is 12.2. The van der Waals surface area contributed by atoms with Gasteiger partial charge >= 0.3 is 12.1 Å². The number of rotatable bonds is 2. The maximum Gasteiger partial charge on any atom is 0.408 e. The molecule has 1 amide bonds. The van der Waals surface area contributed by atoms with Crippen molar-refractivity contribution in [2.75, 3.05) is 7.11 Å². The van der Waals surface area contributed by atoms with Gasteiger partial charge in [0.05, 0.1) is 7.11 Å². The number of esters is 1. The summed E-state index contributed by atoms with van der Waals surface area (Å²) in [6.07, 6.45) is 1.71. The van der Waals surface area contributed by atoms with E-state index in [1.807, 2.05) is 0 Å². The van der Waals surface area contributed by atoms with Crippen LogP contribution in [0, 0.1) is 0 Å². The number of hydrogen-bond acceptors (Lipinski definition) is 5. The summed E-state index contributed by atoms with van der Waals surface area (Å²) in [7, 11) is 0.382. The normalized spacial score (nSPS) is 35.1. The minimum absolute atomic E-state index is 0.0576. The van der Waals surface area contributed by atoms with Crippen molar-refractivity contribution in [2.24, 2.45) is 0 Å². The summed E-state index contributed by atoms with van der Waals surface area (Å²) in [5.74, 6) is -0.484. The molecule has 2 aliphatic heterocycles. The molecule has 0 spiro atoms. The standard InChI is InChI=1S/C14H23NO5S/c1-13(2,3)20-12(17)15-14(11(16)19-4)7-9-5-6-10(8-14)21(9)18/h9-10H,5-8H2,1-4H3,(H,15,17). The first-order chi connectivity index (χ1) is 9.67. The minimum Gasteiger partial charge on any atom is -0.467 e. The van der Waals surface area contributed by atoms with Crippen LogP contribution in [-0.2, 0) is 25.1 Å². The Bertz CT molecular complexity index is 454. The predicted molar refractivity (Wildman–Crippen MR) is 78.3 cm³/mol. The Labute approximate surface area is 127 Å². The van der Waals surface area contributed by atoms with Crippen LogP contribution in [0.4, 0.5) is 4.79 Å². The summed E-state index contributed by atoms with van der Waals surface area (Å²) in [6.45, 7) is 5.28. The third-order valence-corrected chi connectivity index (χ3v) is 6.06. The number of carbonyl (C=O) groups is 2. The van der Waals surface area contributed by atoms with Gasteiger partial charge in [0.15, 0.2) is 0 Å². The Balaban J connectivity index is 2.18. The van der Waals surface area contributed by atoms with Crippen LogP contribution in [-0.4, -0.2) is 45.0 Å². The van der Waals surface area contributed by atoms with Gasteiger partial charge in [-0.2, -0.15) is 0 Å². The number of fused-ring (bicyclic) bond motifs is 2. The number of hydrogen-bond donors (Lipinski definition) is 1. The molecule has 2 rings (SSSR count). The third-order valence-electron chi connectivity index (χ3n) is 3.94. The first-order valence-corrected chi connectivity index (χ1v) is 8.43. The molecule has 0 saturated carbocycles. The molecule has 6 nitrogen and oxygen atoms in total. The summed E-state index contributed by atoms with van der Waals surface area (Å²) in [5, 5.41) is 2.58. The maximum absolute atomic E-state index is 12.2. The van der Waals surface area contributed by atoms with Crippen molar-refractivity contribution in [2.45, 2.75) is 68.1 Å². The van der Waals surface area contributed by atoms with Crippen molar-refractivity contribution in [3.63, 3.8) is 0 Å². The molecule has 1 N–H and O–H groups in total. The zero-order valence-corrected chi connectivity index (χ0v) is 13.7. The summed E-state index contributed by atoms with van der Waals surface area (Å²) in [4.78, 5) is 24.3. The lowest BCUT2D eigenvalue weighted by molar-refractivity contribution is -0.149. The summed E-state index contributed by atoms with van der Waals surface area (Å²) >= 11 is 0. The molecule has 0 aromatic heterocycles. The van der Waals surface area contributed by atoms with Gasteiger partial charge in [-0.15, -0.1) is 0 Å². The average Bonchev–Trinajstić information content (AvgIpc) is 2.60. The topological polar surface area (TPSA) is 81.7 Å². The lowest BCUT2D eigenvalue weighted by Crippen LogP contribution is -2.60. The van der Waals surface area contributed by atoms with Crippen LogP contribution in [0.3, 0.4) is 0 Å². The van der Waals surface area contributed by atoms with E-state index in [1.54, 1.807) is 20.8 Å². The highest BCUT2D eigenvalue weighted by atomic mass is 32.2. The smallest absolute Gasteiger partial charge is 0.408 e. The van der Waals surface area contributed by atoms with Gasteiger partial charge in [0.1, 0.15) is 11.1 Å². The Morgan fingerprint density at radius 1 is 1.19 bits per heavy atom. The van der Waals surface area contributed by atoms with Crippen molar-refractivity contribution in [3.05, 3.63) is 0 Å². The zero-order chi connectivity index (χ0) is 15.8. The van der Waals surface area contributed by atoms with Crippen molar-refractivity contribution in [1.82, 2.24) is 5.32 Å². The van der Waals surface area contributed by atoms with Crippen LogP contribution in [0.15, 0.2) is 0 Å². The highest BCUT2D eigenvalue weighted by molar-refractivity contribution is 7.86. The molecule has 2 aliphatic rings. The van der Waals surface area contributed by atoms with E-state index in [4.69, 9.17) is 9.47 Å². The summed E-state index contributed by atoms with van der Waals surface area (Å²) in [6, 6.07) is 0. The molecule has 0 radical (unpaired) electrons. The van der Waals surface area contributed by atoms with E-state index in [0.717, 1.165) is 12.8 Å². The molecule has 2 heterocycles. The Morgan fingerprint density at radius 3 is 2.14 bits per heavy atom. The fourth-order valence-electron chi connectivity index (χ4n) is 3.12. The van der Waals surface area contributed by atoms with E-state index < -0.39 is 34.0 Å². The first-order valence-electron chi connectivity index (χ1n) is 7.16. The minimum atomic E-state index is -1.11. The fraction of sp³-hybridized carbons (Fsp3) is 0.857. The van der Waals surface area contributed by atoms with Gasteiger partial charge in [0, 0.05) is 21.3 Å². The number of nitrogens with one attached hydrogen (secondary N) is 1. The predicted octanol–water partition coefficient (Wildman–Crippen LogP) is 1.50. The molecule has 0 aliphatic carbocycles. The third kappa shape index (κ3) is 3.39. The molecular formula is C14H23NO5S. The first kappa shape index (κ1) is 16.3. The molecule has 2 unspecified atom stereocenters. The molecule has 2 atom stereocenters. The number of alkyl carbamates (subject to hydrolysis) is 1. The van der Waals surface area contributed by atoms with Crippen molar-refractivity contribution in [1.29, 1.82) is 0 Å². The fourth-order valence-corrected chi connectivity index (χ4v) is 5.30. The van der Waals surface area contributed by atoms with Gasteiger partial charge in [-0.3, -0.25) is 4.21 Å². The summed E-state index contributed by atoms with van der Waals surface area (Å²) in [5.41, 5.74) is -1.76. The van der Waals surface area contributed by atoms with E-state index in [2.05, 4.69) is 5.32 Å². The molecule has 21 heavy (non-hydrogen) atoms. The largest absolute Gasteiger partial charge is 0.467 e. The van der Waals surface area contributed by atoms with Crippen LogP contribution in [0.5, 0.6) is 0 Å². The van der Waals surface area contributed by atoms with E-state index in [0.29, 0.717) is 12.8 Å². The highest BCUT2D eigenvalue weighted by Gasteiger charge is 2.54. The number of carbonyl (C=O) groups excluding carboxylic acids is 2. The van der Waals surface area contributed by atoms with Crippen LogP contribution < -0.4 is 5.32 Å². The Morgan fingerprint density at radius 2 is 1.71 bits per heavy atom. The van der Waals surface area contributed by atoms with Gasteiger partial charge in [0.25, 0.3) is 0 Å². The Hall–Kier alpha value is -1.11. The van der Waals surface area contributed by atoms with Crippen LogP contribution in [0.1, 0.15) is 46.5 Å². The van der Waals surface area contributed by atoms with Gasteiger partial charge < -0.3 is 14.8 Å². The van der Waals surface area contributed by atoms with E-state index in [-0.39, 0.29) is 10.5 Å². The van der Waals surface area contributed by atoms with Gasteiger partial charge in [0.2, 0.25) is 0 Å². The molecule has 120 valence electrons. The Kier molecular flexibility index (Phi) is 4.33. The monoisotopic (exact) mass is 317 g/mol. The van der Waals surface area contributed by atoms with Crippen LogP contribution in [0.25, 0.3) is 0 Å². The van der Waals surface area contributed by atoms with Crippen molar-refractivity contribution >= 4 is 22.9 Å². The van der Waals surface area contributed by atoms with Gasteiger partial charge in [-0.1, -0.05) is 0 Å². The summed E-state index contributed by atoms with van der Waals surface area (Å²) < 4.78 is 22.2. The zero-order valence-electron chi connectivity index (χ0n) is 12.9. The molecule has 0 aromatic carbocycles. The molecule has 2 bridgehead atoms. The lowest BCUT2D eigenvalue weighted by atomic mass is 9.89. The molecule has 7 heteroatoms. The second-order valence-electron chi connectivity index (χ2n) is 6.76. The van der Waals surface area contributed by atoms with Crippen LogP contribution >= 0.6 is 0 Å². The van der Waals surface area contributed by atoms with Gasteiger partial charge in [-0.05, 0) is 46.5 Å². The van der Waals surface area contributed by atoms with Crippen molar-refractivity contribution < 1.29 is 23.3 Å². The van der Waals surface area contributed by atoms with Crippen molar-refractivity contribution in [3.8, 4) is 0 Å². The van der Waals surface area contributed by atoms with Crippen LogP contribution in [0.2, 0.25) is 0 Å². The number of methoxy groups -OCH3 is 1. The average molecular weight is 317 g/mol. The SMILES string of the molecule is COC(=O)C1(NC(=O)OC(C)(C)C)CC2CCC(C1)S2=O. The highest BCUT2D eigenvalue weighted by Crippen LogP contribution is 2.41. The molecule has 0 aromatic rings. The number of ether oxygens (including phenoxy) is 2. The lowest BCUT2D eigenvalue weighted by Gasteiger charge is -2.38. The molecular weight excluding hydrogens is 294 g/mol. The van der Waals surface area contributed by atoms with Gasteiger partial charge in [-0.25, -0.2) is 9.59 Å². The molecule has 2 saturated heterocycles. The second-order valence-corrected chi connectivity index (χ2v) is 8.75. The molecule has 2 fully saturated rings. The van der Waals surface area contributed by atoms with E-state index in [9.17, 15) is 13.8 Å². The second kappa shape index (κ2) is 5.59. The quantitative estimate of drug-likeness (QED) is 0.781. The van der Waals surface area contributed by atoms with E-state index >= 15 is 0 Å². The van der Waals surface area contributed by atoms with E-state index in [1.165, 1.54) is 7.11 Å².